The number of para-hydroxylation sites is 1. The number of nitrogens with zero attached hydrogens (tertiary/aromatic N) is 2. The third-order valence-electron chi connectivity index (χ3n) is 4.28. The fraction of sp³-hybridized carbons (Fsp3) is 0.150. The molecule has 1 unspecified atom stereocenters. The van der Waals surface area contributed by atoms with Crippen LogP contribution in [0, 0.1) is 10.1 Å². The fourth-order valence-corrected chi connectivity index (χ4v) is 2.62. The Kier molecular flexibility index (Phi) is 4.84. The van der Waals surface area contributed by atoms with Gasteiger partial charge < -0.3 is 9.32 Å². The van der Waals surface area contributed by atoms with Gasteiger partial charge in [0, 0.05) is 30.6 Å². The van der Waals surface area contributed by atoms with E-state index in [9.17, 15) is 14.9 Å². The van der Waals surface area contributed by atoms with Crippen molar-refractivity contribution >= 4 is 28.6 Å². The number of likely N-dealkylation sites (N-methyl/N-ethyl adjacent to an activating group) is 1. The number of nitro benzene ring substituents is 1. The lowest BCUT2D eigenvalue weighted by Crippen LogP contribution is -2.27. The number of benzene rings is 2. The summed E-state index contributed by atoms with van der Waals surface area (Å²) in [6, 6.07) is 15.5. The first-order valence-electron chi connectivity index (χ1n) is 8.13. The van der Waals surface area contributed by atoms with Gasteiger partial charge in [-0.25, -0.2) is 0 Å². The van der Waals surface area contributed by atoms with E-state index < -0.39 is 4.92 Å². The lowest BCUT2D eigenvalue weighted by molar-refractivity contribution is -0.384. The number of rotatable bonds is 5. The van der Waals surface area contributed by atoms with E-state index in [0.717, 1.165) is 11.0 Å². The van der Waals surface area contributed by atoms with E-state index in [1.165, 1.54) is 18.2 Å². The predicted octanol–water partition coefficient (Wildman–Crippen LogP) is 4.57. The molecule has 1 amide bonds. The second-order valence-electron chi connectivity index (χ2n) is 6.00. The number of non-ortho nitro benzene ring substituents is 1. The van der Waals surface area contributed by atoms with Gasteiger partial charge in [-0.05, 0) is 30.7 Å². The van der Waals surface area contributed by atoms with E-state index in [1.807, 2.05) is 37.3 Å². The van der Waals surface area contributed by atoms with Crippen LogP contribution in [0.25, 0.3) is 17.0 Å². The molecule has 0 spiro atoms. The second-order valence-corrected chi connectivity index (χ2v) is 6.00. The zero-order valence-corrected chi connectivity index (χ0v) is 14.5. The van der Waals surface area contributed by atoms with Gasteiger partial charge in [0.25, 0.3) is 5.69 Å². The molecule has 1 atom stereocenters. The molecular formula is C20H18N2O4. The molecule has 0 bridgehead atoms. The maximum Gasteiger partial charge on any atom is 0.270 e. The highest BCUT2D eigenvalue weighted by Crippen LogP contribution is 2.26. The second kappa shape index (κ2) is 7.23. The van der Waals surface area contributed by atoms with Crippen LogP contribution in [-0.4, -0.2) is 22.8 Å². The molecule has 0 N–H and O–H groups in total. The van der Waals surface area contributed by atoms with Crippen LogP contribution in [0.4, 0.5) is 5.69 Å². The van der Waals surface area contributed by atoms with Crippen molar-refractivity contribution in [3.8, 4) is 0 Å². The molecule has 0 saturated heterocycles. The Bertz CT molecular complexity index is 957. The monoisotopic (exact) mass is 350 g/mol. The number of amides is 1. The molecule has 0 aliphatic heterocycles. The van der Waals surface area contributed by atoms with E-state index in [0.29, 0.717) is 11.3 Å². The van der Waals surface area contributed by atoms with Gasteiger partial charge in [-0.15, -0.1) is 0 Å². The van der Waals surface area contributed by atoms with E-state index in [4.69, 9.17) is 4.42 Å². The van der Waals surface area contributed by atoms with Crippen LogP contribution >= 0.6 is 0 Å². The maximum absolute atomic E-state index is 12.4. The minimum absolute atomic E-state index is 0.0106. The number of nitro groups is 1. The molecule has 0 saturated carbocycles. The summed E-state index contributed by atoms with van der Waals surface area (Å²) in [6.07, 6.45) is 2.97. The lowest BCUT2D eigenvalue weighted by atomic mass is 10.1. The molecule has 3 rings (SSSR count). The van der Waals surface area contributed by atoms with Crippen molar-refractivity contribution in [2.75, 3.05) is 7.05 Å². The molecule has 6 heteroatoms. The van der Waals surface area contributed by atoms with Crippen LogP contribution in [-0.2, 0) is 4.79 Å². The minimum Gasteiger partial charge on any atom is -0.459 e. The molecule has 6 nitrogen and oxygen atoms in total. The standard InChI is InChI=1S/C20H18N2O4/c1-14(19-13-16-7-3-4-9-18(16)26-19)21(2)20(23)11-10-15-6-5-8-17(12-15)22(24)25/h3-14H,1-2H3/b11-10+. The first-order chi connectivity index (χ1) is 12.5. The summed E-state index contributed by atoms with van der Waals surface area (Å²) in [5.41, 5.74) is 1.36. The smallest absolute Gasteiger partial charge is 0.270 e. The summed E-state index contributed by atoms with van der Waals surface area (Å²) in [6.45, 7) is 1.89. The third kappa shape index (κ3) is 3.64. The number of hydrogen-bond donors (Lipinski definition) is 0. The van der Waals surface area contributed by atoms with Crippen LogP contribution in [0.1, 0.15) is 24.3 Å². The van der Waals surface area contributed by atoms with Crippen LogP contribution in [0.5, 0.6) is 0 Å². The highest BCUT2D eigenvalue weighted by atomic mass is 16.6. The van der Waals surface area contributed by atoms with E-state index in [1.54, 1.807) is 30.2 Å². The lowest BCUT2D eigenvalue weighted by Gasteiger charge is -2.21. The Balaban J connectivity index is 1.74. The highest BCUT2D eigenvalue weighted by Gasteiger charge is 2.19. The normalized spacial score (nSPS) is 12.4. The molecule has 0 radical (unpaired) electrons. The summed E-state index contributed by atoms with van der Waals surface area (Å²) >= 11 is 0. The minimum atomic E-state index is -0.463. The van der Waals surface area contributed by atoms with Crippen LogP contribution in [0.15, 0.2) is 65.1 Å². The maximum atomic E-state index is 12.4. The molecule has 132 valence electrons. The van der Waals surface area contributed by atoms with Crippen molar-refractivity contribution in [1.82, 2.24) is 4.90 Å². The Morgan fingerprint density at radius 1 is 1.19 bits per heavy atom. The molecule has 3 aromatic rings. The van der Waals surface area contributed by atoms with Crippen molar-refractivity contribution in [2.24, 2.45) is 0 Å². The van der Waals surface area contributed by atoms with Gasteiger partial charge in [0.2, 0.25) is 5.91 Å². The van der Waals surface area contributed by atoms with Gasteiger partial charge in [-0.1, -0.05) is 30.3 Å². The highest BCUT2D eigenvalue weighted by molar-refractivity contribution is 5.92. The summed E-state index contributed by atoms with van der Waals surface area (Å²) in [4.78, 5) is 24.3. The summed E-state index contributed by atoms with van der Waals surface area (Å²) < 4.78 is 5.81. The van der Waals surface area contributed by atoms with Crippen molar-refractivity contribution in [3.63, 3.8) is 0 Å². The average molecular weight is 350 g/mol. The first-order valence-corrected chi connectivity index (χ1v) is 8.13. The Morgan fingerprint density at radius 3 is 2.69 bits per heavy atom. The summed E-state index contributed by atoms with van der Waals surface area (Å²) in [7, 11) is 1.69. The molecule has 2 aromatic carbocycles. The SMILES string of the molecule is CC(c1cc2ccccc2o1)N(C)C(=O)/C=C/c1cccc([N+](=O)[O-])c1. The van der Waals surface area contributed by atoms with E-state index in [-0.39, 0.29) is 17.6 Å². The molecule has 0 fully saturated rings. The number of carbonyl (C=O) groups is 1. The topological polar surface area (TPSA) is 76.6 Å². The van der Waals surface area contributed by atoms with Crippen LogP contribution < -0.4 is 0 Å². The van der Waals surface area contributed by atoms with Crippen molar-refractivity contribution in [3.05, 3.63) is 82.1 Å². The zero-order valence-electron chi connectivity index (χ0n) is 14.5. The Hall–Kier alpha value is -3.41. The van der Waals surface area contributed by atoms with Gasteiger partial charge in [0.05, 0.1) is 11.0 Å². The third-order valence-corrected chi connectivity index (χ3v) is 4.28. The Labute approximate surface area is 150 Å². The van der Waals surface area contributed by atoms with Gasteiger partial charge in [0.15, 0.2) is 0 Å². The van der Waals surface area contributed by atoms with Gasteiger partial charge >= 0.3 is 0 Å². The first kappa shape index (κ1) is 17.4. The Morgan fingerprint density at radius 2 is 1.96 bits per heavy atom. The number of hydrogen-bond acceptors (Lipinski definition) is 4. The van der Waals surface area contributed by atoms with E-state index in [2.05, 4.69) is 0 Å². The molecule has 26 heavy (non-hydrogen) atoms. The van der Waals surface area contributed by atoms with Gasteiger partial charge in [-0.2, -0.15) is 0 Å². The number of furan rings is 1. The molecular weight excluding hydrogens is 332 g/mol. The molecule has 1 heterocycles. The zero-order chi connectivity index (χ0) is 18.7. The molecule has 1 aromatic heterocycles. The van der Waals surface area contributed by atoms with Crippen LogP contribution in [0.2, 0.25) is 0 Å². The molecule has 0 aliphatic carbocycles. The largest absolute Gasteiger partial charge is 0.459 e. The fourth-order valence-electron chi connectivity index (χ4n) is 2.62. The quantitative estimate of drug-likeness (QED) is 0.383. The van der Waals surface area contributed by atoms with Crippen molar-refractivity contribution in [1.29, 1.82) is 0 Å². The molecule has 0 aliphatic rings. The van der Waals surface area contributed by atoms with Crippen LogP contribution in [0.3, 0.4) is 0 Å². The van der Waals surface area contributed by atoms with Gasteiger partial charge in [0.1, 0.15) is 11.3 Å². The summed E-state index contributed by atoms with van der Waals surface area (Å²) in [5, 5.41) is 11.8. The number of fused-ring (bicyclic) bond motifs is 1. The number of carbonyl (C=O) groups excluding carboxylic acids is 1. The van der Waals surface area contributed by atoms with E-state index >= 15 is 0 Å². The average Bonchev–Trinajstić information content (AvgIpc) is 3.09. The van der Waals surface area contributed by atoms with Crippen molar-refractivity contribution in [2.45, 2.75) is 13.0 Å². The summed E-state index contributed by atoms with van der Waals surface area (Å²) in [5.74, 6) is 0.482. The van der Waals surface area contributed by atoms with Gasteiger partial charge in [-0.3, -0.25) is 14.9 Å². The predicted molar refractivity (Wildman–Crippen MR) is 99.5 cm³/mol. The van der Waals surface area contributed by atoms with Crippen molar-refractivity contribution < 1.29 is 14.1 Å².